The highest BCUT2D eigenvalue weighted by Crippen LogP contribution is 2.25. The van der Waals surface area contributed by atoms with E-state index in [0.29, 0.717) is 42.4 Å². The highest BCUT2D eigenvalue weighted by atomic mass is 16.5. The summed E-state index contributed by atoms with van der Waals surface area (Å²) in [6.07, 6.45) is 1.18. The van der Waals surface area contributed by atoms with Gasteiger partial charge in [-0.25, -0.2) is 19.3 Å². The highest BCUT2D eigenvalue weighted by Gasteiger charge is 2.21. The topological polar surface area (TPSA) is 116 Å². The number of rotatable bonds is 7. The number of aromatic amines is 1. The summed E-state index contributed by atoms with van der Waals surface area (Å²) in [5, 5.41) is 0. The molecule has 30 heavy (non-hydrogen) atoms. The molecular formula is C22H21N5O3. The maximum atomic E-state index is 12.8. The second-order valence-corrected chi connectivity index (χ2v) is 6.70. The number of carbonyl (C=O) groups is 1. The summed E-state index contributed by atoms with van der Waals surface area (Å²) in [5.41, 5.74) is 7.24. The first-order valence-corrected chi connectivity index (χ1v) is 9.66. The van der Waals surface area contributed by atoms with Crippen LogP contribution in [0.2, 0.25) is 0 Å². The third kappa shape index (κ3) is 3.67. The van der Waals surface area contributed by atoms with Crippen LogP contribution in [0, 0.1) is 0 Å². The Labute approximate surface area is 172 Å². The van der Waals surface area contributed by atoms with E-state index in [9.17, 15) is 9.59 Å². The summed E-state index contributed by atoms with van der Waals surface area (Å²) in [4.78, 5) is 36.4. The van der Waals surface area contributed by atoms with Crippen molar-refractivity contribution in [2.24, 2.45) is 5.73 Å². The first-order chi connectivity index (χ1) is 14.6. The fourth-order valence-corrected chi connectivity index (χ4v) is 3.36. The van der Waals surface area contributed by atoms with Crippen molar-refractivity contribution in [3.8, 4) is 11.4 Å². The van der Waals surface area contributed by atoms with Crippen molar-refractivity contribution in [1.82, 2.24) is 19.5 Å². The maximum Gasteiger partial charge on any atom is 0.332 e. The molecule has 8 heteroatoms. The Morgan fingerprint density at radius 2 is 1.80 bits per heavy atom. The fourth-order valence-electron chi connectivity index (χ4n) is 3.36. The number of benzene rings is 2. The molecule has 2 heterocycles. The minimum Gasteiger partial charge on any atom is -0.492 e. The molecule has 0 saturated carbocycles. The fraction of sp³-hybridized carbons (Fsp3) is 0.182. The number of aryl methyl sites for hydroxylation is 2. The highest BCUT2D eigenvalue weighted by molar-refractivity contribution is 6.01. The number of fused-ring (bicyclic) bond motifs is 1. The maximum absolute atomic E-state index is 12.8. The Morgan fingerprint density at radius 3 is 2.53 bits per heavy atom. The molecule has 0 atom stereocenters. The molecule has 4 aromatic rings. The van der Waals surface area contributed by atoms with Crippen LogP contribution in [-0.4, -0.2) is 32.0 Å². The Kier molecular flexibility index (Phi) is 5.30. The molecular weight excluding hydrogens is 382 g/mol. The molecule has 3 N–H and O–H groups in total. The average Bonchev–Trinajstić information content (AvgIpc) is 3.08. The van der Waals surface area contributed by atoms with Crippen molar-refractivity contribution in [3.05, 3.63) is 82.2 Å². The van der Waals surface area contributed by atoms with Gasteiger partial charge in [0.05, 0.1) is 12.3 Å². The Morgan fingerprint density at radius 1 is 1.07 bits per heavy atom. The number of carbonyl (C=O) groups excluding carboxylic acids is 1. The van der Waals surface area contributed by atoms with Crippen LogP contribution in [0.25, 0.3) is 16.9 Å². The molecule has 4 rings (SSSR count). The second-order valence-electron chi connectivity index (χ2n) is 6.70. The molecule has 1 amide bonds. The summed E-state index contributed by atoms with van der Waals surface area (Å²) in [6.45, 7) is 2.31. The predicted molar refractivity (Wildman–Crippen MR) is 113 cm³/mol. The number of hydrogen-bond acceptors (Lipinski definition) is 5. The van der Waals surface area contributed by atoms with E-state index >= 15 is 0 Å². The van der Waals surface area contributed by atoms with E-state index < -0.39 is 11.6 Å². The van der Waals surface area contributed by atoms with Crippen LogP contribution in [0.4, 0.5) is 0 Å². The van der Waals surface area contributed by atoms with Gasteiger partial charge in [0.1, 0.15) is 17.1 Å². The first kappa shape index (κ1) is 19.4. The molecule has 0 aliphatic carbocycles. The standard InChI is InChI=1S/C22H21N5O3/c1-2-30-16-11-7-6-10-15(16)27-21-19(26-22(27)29)18(20(23)28)24-17(25-21)13-12-14-8-4-3-5-9-14/h3-11H,2,12-13H2,1H3,(H2,23,28)(H,26,29). The lowest BCUT2D eigenvalue weighted by atomic mass is 10.1. The van der Waals surface area contributed by atoms with Crippen molar-refractivity contribution in [2.75, 3.05) is 6.61 Å². The number of nitrogens with zero attached hydrogens (tertiary/aromatic N) is 3. The predicted octanol–water partition coefficient (Wildman–Crippen LogP) is 2.39. The van der Waals surface area contributed by atoms with E-state index in [-0.39, 0.29) is 11.2 Å². The van der Waals surface area contributed by atoms with Crippen molar-refractivity contribution in [2.45, 2.75) is 19.8 Å². The number of hydrogen-bond donors (Lipinski definition) is 2. The van der Waals surface area contributed by atoms with Gasteiger partial charge in [0.15, 0.2) is 11.3 Å². The summed E-state index contributed by atoms with van der Waals surface area (Å²) in [6, 6.07) is 17.1. The molecule has 0 bridgehead atoms. The third-order valence-electron chi connectivity index (χ3n) is 4.70. The van der Waals surface area contributed by atoms with Crippen molar-refractivity contribution < 1.29 is 9.53 Å². The SMILES string of the molecule is CCOc1ccccc1-n1c(=O)[nH]c2c(C(N)=O)nc(CCc3ccccc3)nc21. The van der Waals surface area contributed by atoms with Crippen molar-refractivity contribution in [3.63, 3.8) is 0 Å². The van der Waals surface area contributed by atoms with Crippen LogP contribution in [0.5, 0.6) is 5.75 Å². The van der Waals surface area contributed by atoms with Gasteiger partial charge < -0.3 is 15.5 Å². The van der Waals surface area contributed by atoms with Crippen LogP contribution in [0.3, 0.4) is 0 Å². The van der Waals surface area contributed by atoms with Crippen LogP contribution in [0.1, 0.15) is 28.8 Å². The van der Waals surface area contributed by atoms with Gasteiger partial charge in [-0.2, -0.15) is 0 Å². The summed E-state index contributed by atoms with van der Waals surface area (Å²) < 4.78 is 7.06. The number of ether oxygens (including phenoxy) is 1. The molecule has 0 fully saturated rings. The minimum absolute atomic E-state index is 0.00666. The molecule has 0 unspecified atom stereocenters. The zero-order valence-corrected chi connectivity index (χ0v) is 16.5. The van der Waals surface area contributed by atoms with Crippen molar-refractivity contribution >= 4 is 17.1 Å². The molecule has 152 valence electrons. The van der Waals surface area contributed by atoms with Gasteiger partial charge in [-0.05, 0) is 31.0 Å². The van der Waals surface area contributed by atoms with Crippen LogP contribution in [0.15, 0.2) is 59.4 Å². The Bertz CT molecular complexity index is 1260. The number of nitrogens with two attached hydrogens (primary N) is 1. The van der Waals surface area contributed by atoms with E-state index in [1.807, 2.05) is 43.3 Å². The quantitative estimate of drug-likeness (QED) is 0.491. The second kappa shape index (κ2) is 8.20. The largest absolute Gasteiger partial charge is 0.492 e. The van der Waals surface area contributed by atoms with E-state index in [1.54, 1.807) is 18.2 Å². The molecule has 2 aromatic carbocycles. The van der Waals surface area contributed by atoms with Crippen LogP contribution >= 0.6 is 0 Å². The van der Waals surface area contributed by atoms with Gasteiger partial charge in [0.25, 0.3) is 5.91 Å². The molecule has 2 aromatic heterocycles. The van der Waals surface area contributed by atoms with Gasteiger partial charge in [-0.1, -0.05) is 42.5 Å². The molecule has 0 aliphatic rings. The molecule has 0 radical (unpaired) electrons. The smallest absolute Gasteiger partial charge is 0.332 e. The van der Waals surface area contributed by atoms with E-state index in [1.165, 1.54) is 4.57 Å². The number of imidazole rings is 1. The molecule has 0 spiro atoms. The third-order valence-corrected chi connectivity index (χ3v) is 4.70. The average molecular weight is 403 g/mol. The lowest BCUT2D eigenvalue weighted by molar-refractivity contribution is 0.0996. The van der Waals surface area contributed by atoms with E-state index in [0.717, 1.165) is 5.56 Å². The van der Waals surface area contributed by atoms with Crippen LogP contribution < -0.4 is 16.2 Å². The number of amides is 1. The van der Waals surface area contributed by atoms with E-state index in [4.69, 9.17) is 10.5 Å². The molecule has 8 nitrogen and oxygen atoms in total. The number of H-pyrrole nitrogens is 1. The molecule has 0 saturated heterocycles. The van der Waals surface area contributed by atoms with E-state index in [2.05, 4.69) is 15.0 Å². The van der Waals surface area contributed by atoms with Gasteiger partial charge in [-0.3, -0.25) is 4.79 Å². The minimum atomic E-state index is -0.727. The first-order valence-electron chi connectivity index (χ1n) is 9.66. The van der Waals surface area contributed by atoms with Gasteiger partial charge in [-0.15, -0.1) is 0 Å². The number of aromatic nitrogens is 4. The zero-order valence-electron chi connectivity index (χ0n) is 16.5. The zero-order chi connectivity index (χ0) is 21.1. The van der Waals surface area contributed by atoms with Crippen molar-refractivity contribution in [1.29, 1.82) is 0 Å². The van der Waals surface area contributed by atoms with Gasteiger partial charge in [0.2, 0.25) is 0 Å². The van der Waals surface area contributed by atoms with Gasteiger partial charge in [0, 0.05) is 6.42 Å². The number of primary amides is 1. The summed E-state index contributed by atoms with van der Waals surface area (Å²) in [5.74, 6) is 0.240. The lowest BCUT2D eigenvalue weighted by Crippen LogP contribution is -2.17. The summed E-state index contributed by atoms with van der Waals surface area (Å²) in [7, 11) is 0. The Balaban J connectivity index is 1.86. The molecule has 0 aliphatic heterocycles. The normalized spacial score (nSPS) is 11.0. The van der Waals surface area contributed by atoms with Gasteiger partial charge >= 0.3 is 5.69 Å². The Hall–Kier alpha value is -3.94. The number of nitrogens with one attached hydrogen (secondary N) is 1. The van der Waals surface area contributed by atoms with Crippen LogP contribution in [-0.2, 0) is 12.8 Å². The number of para-hydroxylation sites is 2. The lowest BCUT2D eigenvalue weighted by Gasteiger charge is -2.11. The summed E-state index contributed by atoms with van der Waals surface area (Å²) >= 11 is 0. The monoisotopic (exact) mass is 403 g/mol.